The molecule has 0 unspecified atom stereocenters. The summed E-state index contributed by atoms with van der Waals surface area (Å²) in [5.41, 5.74) is 1.25. The highest BCUT2D eigenvalue weighted by Crippen LogP contribution is 2.14. The maximum Gasteiger partial charge on any atom is 0.186 e. The van der Waals surface area contributed by atoms with Gasteiger partial charge < -0.3 is 0 Å². The van der Waals surface area contributed by atoms with Crippen LogP contribution in [0.2, 0.25) is 0 Å². The van der Waals surface area contributed by atoms with E-state index in [9.17, 15) is 9.59 Å². The van der Waals surface area contributed by atoms with Gasteiger partial charge in [0.25, 0.3) is 0 Å². The Morgan fingerprint density at radius 3 is 1.39 bits per heavy atom. The monoisotopic (exact) mass is 450 g/mol. The van der Waals surface area contributed by atoms with Crippen molar-refractivity contribution in [1.82, 2.24) is 0 Å². The Morgan fingerprint density at radius 1 is 0.696 bits per heavy atom. The van der Waals surface area contributed by atoms with Gasteiger partial charge in [-0.25, -0.2) is 0 Å². The number of ketones is 2. The Bertz CT molecular complexity index is 682. The summed E-state index contributed by atoms with van der Waals surface area (Å²) in [7, 11) is 0. The first-order chi connectivity index (χ1) is 11.1. The van der Waals surface area contributed by atoms with Gasteiger partial charge in [-0.05, 0) is 71.5 Å². The van der Waals surface area contributed by atoms with Gasteiger partial charge >= 0.3 is 0 Å². The summed E-state index contributed by atoms with van der Waals surface area (Å²) in [6, 6.07) is 14.3. The van der Waals surface area contributed by atoms with Gasteiger partial charge in [-0.15, -0.1) is 11.8 Å². The summed E-state index contributed by atoms with van der Waals surface area (Å²) < 4.78 is 1.86. The lowest BCUT2D eigenvalue weighted by Crippen LogP contribution is -1.93. The van der Waals surface area contributed by atoms with Crippen molar-refractivity contribution < 1.29 is 9.59 Å². The Hall–Kier alpha value is -1.43. The molecule has 5 heteroatoms. The second-order valence-corrected chi connectivity index (χ2v) is 7.13. The SMILES string of the molecule is O=C(/C=C\S/C=C/C(=O)c1ccc(Br)cc1)c1ccc(Br)cc1. The summed E-state index contributed by atoms with van der Waals surface area (Å²) in [5, 5.41) is 3.32. The van der Waals surface area contributed by atoms with Crippen molar-refractivity contribution in [3.63, 3.8) is 0 Å². The second kappa shape index (κ2) is 9.01. The van der Waals surface area contributed by atoms with Crippen molar-refractivity contribution in [1.29, 1.82) is 0 Å². The molecule has 23 heavy (non-hydrogen) atoms. The van der Waals surface area contributed by atoms with E-state index in [-0.39, 0.29) is 11.6 Å². The summed E-state index contributed by atoms with van der Waals surface area (Å²) in [5.74, 6) is -0.143. The molecule has 116 valence electrons. The van der Waals surface area contributed by atoms with Crippen LogP contribution in [0.15, 0.2) is 80.4 Å². The quantitative estimate of drug-likeness (QED) is 0.396. The van der Waals surface area contributed by atoms with Gasteiger partial charge in [-0.1, -0.05) is 31.9 Å². The maximum atomic E-state index is 11.9. The number of thioether (sulfide) groups is 1. The van der Waals surface area contributed by atoms with Crippen molar-refractivity contribution in [2.45, 2.75) is 0 Å². The zero-order chi connectivity index (χ0) is 16.7. The largest absolute Gasteiger partial charge is 0.289 e. The predicted molar refractivity (Wildman–Crippen MR) is 103 cm³/mol. The summed E-state index contributed by atoms with van der Waals surface area (Å²) >= 11 is 7.94. The molecular weight excluding hydrogens is 440 g/mol. The van der Waals surface area contributed by atoms with Crippen molar-refractivity contribution in [2.24, 2.45) is 0 Å². The van der Waals surface area contributed by atoms with Crippen molar-refractivity contribution in [3.8, 4) is 0 Å². The third kappa shape index (κ3) is 5.94. The van der Waals surface area contributed by atoms with Crippen LogP contribution < -0.4 is 0 Å². The van der Waals surface area contributed by atoms with Gasteiger partial charge in [0.2, 0.25) is 0 Å². The average Bonchev–Trinajstić information content (AvgIpc) is 2.55. The van der Waals surface area contributed by atoms with Crippen LogP contribution >= 0.6 is 43.6 Å². The molecule has 0 fully saturated rings. The molecule has 0 aliphatic heterocycles. The maximum absolute atomic E-state index is 11.9. The van der Waals surface area contributed by atoms with Crippen molar-refractivity contribution >= 4 is 55.2 Å². The van der Waals surface area contributed by atoms with Gasteiger partial charge in [0.05, 0.1) is 0 Å². The van der Waals surface area contributed by atoms with Crippen LogP contribution in [0.1, 0.15) is 20.7 Å². The molecule has 0 saturated heterocycles. The molecule has 0 radical (unpaired) electrons. The van der Waals surface area contributed by atoms with Crippen LogP contribution in [-0.4, -0.2) is 11.6 Å². The molecule has 2 nitrogen and oxygen atoms in total. The van der Waals surface area contributed by atoms with Crippen molar-refractivity contribution in [3.05, 3.63) is 91.6 Å². The lowest BCUT2D eigenvalue weighted by Gasteiger charge is -1.96. The third-order valence-corrected chi connectivity index (χ3v) is 4.50. The Balaban J connectivity index is 1.86. The van der Waals surface area contributed by atoms with Crippen LogP contribution in [0, 0.1) is 0 Å². The van der Waals surface area contributed by atoms with Crippen LogP contribution in [0.4, 0.5) is 0 Å². The van der Waals surface area contributed by atoms with Crippen molar-refractivity contribution in [2.75, 3.05) is 0 Å². The molecule has 0 N–H and O–H groups in total. The molecule has 0 spiro atoms. The standard InChI is InChI=1S/C18H12Br2O2S/c19-15-5-1-13(2-6-15)17(21)9-11-23-12-10-18(22)14-3-7-16(20)8-4-14/h1-12H/b11-9-,12-10+. The van der Waals surface area contributed by atoms with E-state index in [0.29, 0.717) is 11.1 Å². The van der Waals surface area contributed by atoms with Gasteiger partial charge in [0.1, 0.15) is 0 Å². The minimum absolute atomic E-state index is 0.0716. The van der Waals surface area contributed by atoms with Crippen LogP contribution in [0.25, 0.3) is 0 Å². The lowest BCUT2D eigenvalue weighted by molar-refractivity contribution is 0.103. The number of carbonyl (C=O) groups excluding carboxylic acids is 2. The molecule has 0 saturated carbocycles. The number of hydrogen-bond donors (Lipinski definition) is 0. The number of hydrogen-bond acceptors (Lipinski definition) is 3. The van der Waals surface area contributed by atoms with E-state index < -0.39 is 0 Å². The normalized spacial score (nSPS) is 11.2. The molecule has 2 rings (SSSR count). The van der Waals surface area contributed by atoms with E-state index in [1.807, 2.05) is 24.3 Å². The molecule has 0 heterocycles. The highest BCUT2D eigenvalue weighted by Gasteiger charge is 2.01. The average molecular weight is 452 g/mol. The summed E-state index contributed by atoms with van der Waals surface area (Å²) in [6.45, 7) is 0. The lowest BCUT2D eigenvalue weighted by atomic mass is 10.1. The molecule has 0 aromatic heterocycles. The fourth-order valence-electron chi connectivity index (χ4n) is 1.67. The highest BCUT2D eigenvalue weighted by molar-refractivity contribution is 9.10. The Kier molecular flexibility index (Phi) is 7.02. The number of rotatable bonds is 6. The van der Waals surface area contributed by atoms with Gasteiger partial charge in [-0.2, -0.15) is 0 Å². The molecule has 2 aromatic rings. The van der Waals surface area contributed by atoms with Gasteiger partial charge in [-0.3, -0.25) is 9.59 Å². The van der Waals surface area contributed by atoms with Crippen LogP contribution in [-0.2, 0) is 0 Å². The number of allylic oxidation sites excluding steroid dienone is 2. The summed E-state index contributed by atoms with van der Waals surface area (Å²) in [4.78, 5) is 23.8. The third-order valence-electron chi connectivity index (χ3n) is 2.85. The second-order valence-electron chi connectivity index (χ2n) is 4.48. The van der Waals surface area contributed by atoms with Crippen LogP contribution in [0.3, 0.4) is 0 Å². The number of benzene rings is 2. The molecule has 0 aliphatic rings. The molecule has 0 aliphatic carbocycles. The van der Waals surface area contributed by atoms with E-state index >= 15 is 0 Å². The van der Waals surface area contributed by atoms with E-state index in [2.05, 4.69) is 31.9 Å². The minimum atomic E-state index is -0.0716. The first-order valence-corrected chi connectivity index (χ1v) is 9.17. The number of carbonyl (C=O) groups is 2. The van der Waals surface area contributed by atoms with Crippen LogP contribution in [0.5, 0.6) is 0 Å². The Labute approximate surface area is 155 Å². The zero-order valence-electron chi connectivity index (χ0n) is 11.9. The topological polar surface area (TPSA) is 34.1 Å². The molecule has 0 atom stereocenters. The van der Waals surface area contributed by atoms with Gasteiger partial charge in [0.15, 0.2) is 11.6 Å². The Morgan fingerprint density at radius 2 is 1.04 bits per heavy atom. The predicted octanol–water partition coefficient (Wildman–Crippen LogP) is 6.04. The van der Waals surface area contributed by atoms with E-state index in [1.54, 1.807) is 35.1 Å². The van der Waals surface area contributed by atoms with E-state index in [0.717, 1.165) is 8.95 Å². The minimum Gasteiger partial charge on any atom is -0.289 e. The molecule has 2 aromatic carbocycles. The first-order valence-electron chi connectivity index (χ1n) is 6.64. The fourth-order valence-corrected chi connectivity index (χ4v) is 2.69. The molecular formula is C18H12Br2O2S. The smallest absolute Gasteiger partial charge is 0.186 e. The van der Waals surface area contributed by atoms with E-state index in [4.69, 9.17) is 0 Å². The highest BCUT2D eigenvalue weighted by atomic mass is 79.9. The fraction of sp³-hybridized carbons (Fsp3) is 0. The summed E-state index contributed by atoms with van der Waals surface area (Å²) in [6.07, 6.45) is 2.98. The number of halogens is 2. The first kappa shape index (κ1) is 17.9. The van der Waals surface area contributed by atoms with E-state index in [1.165, 1.54) is 23.9 Å². The van der Waals surface area contributed by atoms with Gasteiger partial charge in [0, 0.05) is 20.1 Å². The molecule has 0 amide bonds. The molecule has 0 bridgehead atoms. The zero-order valence-corrected chi connectivity index (χ0v) is 15.9.